The van der Waals surface area contributed by atoms with Gasteiger partial charge in [-0.05, 0) is 13.3 Å². The zero-order valence-electron chi connectivity index (χ0n) is 10.8. The number of aromatic carboxylic acids is 1. The number of ether oxygens (including phenoxy) is 2. The van der Waals surface area contributed by atoms with Gasteiger partial charge in [0.25, 0.3) is 5.91 Å². The molecule has 0 aromatic carbocycles. The zero-order chi connectivity index (χ0) is 14.3. The molecule has 1 aromatic rings. The Kier molecular flexibility index (Phi) is 6.31. The summed E-state index contributed by atoms with van der Waals surface area (Å²) < 4.78 is 10.2. The standard InChI is InChI=1S/C12H17NO5S/c1-8(11(14)13-4-3-5-17-2)18-9-6-10(12(15)16)19-7-9/h6-8H,3-5H2,1-2H3,(H,13,14)(H,15,16). The molecular formula is C12H17NO5S. The van der Waals surface area contributed by atoms with E-state index in [1.54, 1.807) is 19.4 Å². The lowest BCUT2D eigenvalue weighted by atomic mass is 10.3. The highest BCUT2D eigenvalue weighted by Gasteiger charge is 2.16. The van der Waals surface area contributed by atoms with Crippen LogP contribution in [-0.4, -0.2) is 43.3 Å². The molecule has 6 nitrogen and oxygen atoms in total. The molecule has 0 aliphatic heterocycles. The second kappa shape index (κ2) is 7.75. The van der Waals surface area contributed by atoms with E-state index in [2.05, 4.69) is 5.32 Å². The van der Waals surface area contributed by atoms with Crippen molar-refractivity contribution in [2.45, 2.75) is 19.4 Å². The van der Waals surface area contributed by atoms with Crippen LogP contribution < -0.4 is 10.1 Å². The van der Waals surface area contributed by atoms with Crippen molar-refractivity contribution in [3.8, 4) is 5.75 Å². The lowest BCUT2D eigenvalue weighted by Crippen LogP contribution is -2.37. The van der Waals surface area contributed by atoms with Crippen molar-refractivity contribution in [3.63, 3.8) is 0 Å². The lowest BCUT2D eigenvalue weighted by molar-refractivity contribution is -0.127. The molecule has 0 saturated carbocycles. The van der Waals surface area contributed by atoms with Gasteiger partial charge >= 0.3 is 5.97 Å². The summed E-state index contributed by atoms with van der Waals surface area (Å²) in [5.41, 5.74) is 0. The topological polar surface area (TPSA) is 84.9 Å². The van der Waals surface area contributed by atoms with Crippen LogP contribution in [0.5, 0.6) is 5.75 Å². The molecule has 1 atom stereocenters. The molecule has 1 aromatic heterocycles. The van der Waals surface area contributed by atoms with E-state index in [1.807, 2.05) is 0 Å². The molecule has 7 heteroatoms. The smallest absolute Gasteiger partial charge is 0.346 e. The first kappa shape index (κ1) is 15.5. The van der Waals surface area contributed by atoms with Crippen LogP contribution in [0.4, 0.5) is 0 Å². The highest BCUT2D eigenvalue weighted by Crippen LogP contribution is 2.22. The molecule has 0 spiro atoms. The van der Waals surface area contributed by atoms with Gasteiger partial charge in [0.1, 0.15) is 10.6 Å². The molecule has 1 amide bonds. The van der Waals surface area contributed by atoms with Gasteiger partial charge < -0.3 is 19.9 Å². The third-order valence-electron chi connectivity index (χ3n) is 2.29. The van der Waals surface area contributed by atoms with Gasteiger partial charge in [-0.3, -0.25) is 4.79 Å². The maximum Gasteiger partial charge on any atom is 0.346 e. The first-order valence-electron chi connectivity index (χ1n) is 5.79. The molecule has 0 aliphatic rings. The highest BCUT2D eigenvalue weighted by molar-refractivity contribution is 7.12. The van der Waals surface area contributed by atoms with E-state index in [1.165, 1.54) is 6.07 Å². The summed E-state index contributed by atoms with van der Waals surface area (Å²) in [7, 11) is 1.60. The van der Waals surface area contributed by atoms with Crippen molar-refractivity contribution in [2.24, 2.45) is 0 Å². The molecule has 2 N–H and O–H groups in total. The number of hydrogen-bond acceptors (Lipinski definition) is 5. The van der Waals surface area contributed by atoms with Crippen molar-refractivity contribution in [2.75, 3.05) is 20.3 Å². The first-order valence-corrected chi connectivity index (χ1v) is 6.67. The van der Waals surface area contributed by atoms with Crippen LogP contribution >= 0.6 is 11.3 Å². The Morgan fingerprint density at radius 2 is 2.26 bits per heavy atom. The van der Waals surface area contributed by atoms with E-state index < -0.39 is 12.1 Å². The number of hydrogen-bond donors (Lipinski definition) is 2. The van der Waals surface area contributed by atoms with E-state index in [0.29, 0.717) is 18.9 Å². The number of amides is 1. The van der Waals surface area contributed by atoms with E-state index in [0.717, 1.165) is 17.8 Å². The minimum absolute atomic E-state index is 0.183. The Morgan fingerprint density at radius 3 is 2.84 bits per heavy atom. The van der Waals surface area contributed by atoms with Gasteiger partial charge in [-0.25, -0.2) is 4.79 Å². The van der Waals surface area contributed by atoms with Crippen molar-refractivity contribution >= 4 is 23.2 Å². The number of carboxylic acid groups (broad SMARTS) is 1. The number of rotatable bonds is 8. The summed E-state index contributed by atoms with van der Waals surface area (Å²) >= 11 is 1.06. The summed E-state index contributed by atoms with van der Waals surface area (Å²) in [5, 5.41) is 13.0. The summed E-state index contributed by atoms with van der Waals surface area (Å²) in [6.07, 6.45) is 0.0649. The number of nitrogens with one attached hydrogen (secondary N) is 1. The molecule has 0 radical (unpaired) electrons. The van der Waals surface area contributed by atoms with Crippen molar-refractivity contribution in [1.29, 1.82) is 0 Å². The van der Waals surface area contributed by atoms with Gasteiger partial charge in [-0.1, -0.05) is 0 Å². The van der Waals surface area contributed by atoms with Crippen LogP contribution in [0.1, 0.15) is 23.0 Å². The van der Waals surface area contributed by atoms with Crippen LogP contribution in [0, 0.1) is 0 Å². The fourth-order valence-electron chi connectivity index (χ4n) is 1.32. The van der Waals surface area contributed by atoms with Crippen LogP contribution in [0.3, 0.4) is 0 Å². The maximum absolute atomic E-state index is 11.7. The van der Waals surface area contributed by atoms with Gasteiger partial charge in [0, 0.05) is 31.7 Å². The summed E-state index contributed by atoms with van der Waals surface area (Å²) in [4.78, 5) is 22.5. The van der Waals surface area contributed by atoms with Crippen LogP contribution in [0.25, 0.3) is 0 Å². The normalized spacial score (nSPS) is 11.9. The molecular weight excluding hydrogens is 270 g/mol. The van der Waals surface area contributed by atoms with Gasteiger partial charge in [0.15, 0.2) is 6.10 Å². The fourth-order valence-corrected chi connectivity index (χ4v) is 1.97. The van der Waals surface area contributed by atoms with Crippen LogP contribution in [-0.2, 0) is 9.53 Å². The van der Waals surface area contributed by atoms with E-state index in [9.17, 15) is 9.59 Å². The van der Waals surface area contributed by atoms with Crippen molar-refractivity contribution in [1.82, 2.24) is 5.32 Å². The predicted octanol–water partition coefficient (Wildman–Crippen LogP) is 1.37. The van der Waals surface area contributed by atoms with Gasteiger partial charge in [0.05, 0.1) is 0 Å². The molecule has 1 unspecified atom stereocenters. The Labute approximate surface area is 115 Å². The number of carboxylic acids is 1. The minimum atomic E-state index is -1.00. The number of methoxy groups -OCH3 is 1. The summed E-state index contributed by atoms with van der Waals surface area (Å²) in [5.74, 6) is -0.849. The van der Waals surface area contributed by atoms with Crippen molar-refractivity contribution in [3.05, 3.63) is 16.3 Å². The first-order chi connectivity index (χ1) is 9.04. The second-order valence-electron chi connectivity index (χ2n) is 3.85. The predicted molar refractivity (Wildman–Crippen MR) is 70.9 cm³/mol. The van der Waals surface area contributed by atoms with E-state index in [-0.39, 0.29) is 10.8 Å². The number of carbonyl (C=O) groups excluding carboxylic acids is 1. The number of thiophene rings is 1. The Bertz CT molecular complexity index is 432. The van der Waals surface area contributed by atoms with E-state index >= 15 is 0 Å². The molecule has 1 rings (SSSR count). The van der Waals surface area contributed by atoms with Gasteiger partial charge in [-0.2, -0.15) is 0 Å². The van der Waals surface area contributed by atoms with E-state index in [4.69, 9.17) is 14.6 Å². The van der Waals surface area contributed by atoms with Crippen LogP contribution in [0.2, 0.25) is 0 Å². The highest BCUT2D eigenvalue weighted by atomic mass is 32.1. The quantitative estimate of drug-likeness (QED) is 0.705. The maximum atomic E-state index is 11.7. The summed E-state index contributed by atoms with van der Waals surface area (Å²) in [6, 6.07) is 1.40. The average molecular weight is 287 g/mol. The zero-order valence-corrected chi connectivity index (χ0v) is 11.7. The Hall–Kier alpha value is -1.60. The second-order valence-corrected chi connectivity index (χ2v) is 4.76. The lowest BCUT2D eigenvalue weighted by Gasteiger charge is -2.13. The molecule has 19 heavy (non-hydrogen) atoms. The molecule has 1 heterocycles. The summed E-state index contributed by atoms with van der Waals surface area (Å²) in [6.45, 7) is 2.72. The molecule has 0 fully saturated rings. The molecule has 0 aliphatic carbocycles. The molecule has 106 valence electrons. The van der Waals surface area contributed by atoms with Gasteiger partial charge in [0.2, 0.25) is 0 Å². The monoisotopic (exact) mass is 287 g/mol. The van der Waals surface area contributed by atoms with Crippen LogP contribution in [0.15, 0.2) is 11.4 Å². The minimum Gasteiger partial charge on any atom is -0.480 e. The Balaban J connectivity index is 2.38. The Morgan fingerprint density at radius 1 is 1.53 bits per heavy atom. The van der Waals surface area contributed by atoms with Gasteiger partial charge in [-0.15, -0.1) is 11.3 Å². The fraction of sp³-hybridized carbons (Fsp3) is 0.500. The third kappa shape index (κ3) is 5.27. The van der Waals surface area contributed by atoms with Crippen molar-refractivity contribution < 1.29 is 24.2 Å². The molecule has 0 saturated heterocycles. The third-order valence-corrected chi connectivity index (χ3v) is 3.19. The number of carbonyl (C=O) groups is 2. The SMILES string of the molecule is COCCCNC(=O)C(C)Oc1csc(C(=O)O)c1. The largest absolute Gasteiger partial charge is 0.480 e. The average Bonchev–Trinajstić information content (AvgIpc) is 2.83. The molecule has 0 bridgehead atoms.